The molecule has 104 valence electrons. The summed E-state index contributed by atoms with van der Waals surface area (Å²) in [6.07, 6.45) is 4.47. The lowest BCUT2D eigenvalue weighted by molar-refractivity contribution is 0.104. The second-order valence-electron chi connectivity index (χ2n) is 4.27. The Morgan fingerprint density at radius 1 is 1.35 bits per heavy atom. The molecule has 0 aliphatic heterocycles. The van der Waals surface area contributed by atoms with E-state index in [1.807, 2.05) is 14.1 Å². The van der Waals surface area contributed by atoms with Crippen LogP contribution in [0.15, 0.2) is 37.1 Å². The monoisotopic (exact) mass is 310 g/mol. The fourth-order valence-electron chi connectivity index (χ4n) is 1.61. The molecule has 0 aliphatic carbocycles. The topological polar surface area (TPSA) is 51.0 Å². The van der Waals surface area contributed by atoms with Gasteiger partial charge in [0.1, 0.15) is 18.4 Å². The zero-order valence-corrected chi connectivity index (χ0v) is 12.4. The molecular weight excluding hydrogens is 299 g/mol. The fraction of sp³-hybridized carbons (Fsp3) is 0.154. The van der Waals surface area contributed by atoms with Crippen molar-refractivity contribution in [1.82, 2.24) is 19.7 Å². The number of carbonyl (C=O) groups excluding carboxylic acids is 1. The third-order valence-corrected chi connectivity index (χ3v) is 3.00. The van der Waals surface area contributed by atoms with E-state index in [9.17, 15) is 4.79 Å². The van der Waals surface area contributed by atoms with Crippen molar-refractivity contribution in [3.63, 3.8) is 0 Å². The molecule has 0 amide bonds. The Kier molecular flexibility index (Phi) is 4.42. The van der Waals surface area contributed by atoms with Crippen LogP contribution in [-0.4, -0.2) is 39.5 Å². The van der Waals surface area contributed by atoms with Crippen LogP contribution in [0.3, 0.4) is 0 Å². The summed E-state index contributed by atoms with van der Waals surface area (Å²) in [5.41, 5.74) is 0.705. The normalized spacial score (nSPS) is 11.5. The maximum absolute atomic E-state index is 12.6. The van der Waals surface area contributed by atoms with Crippen molar-refractivity contribution in [3.05, 3.63) is 52.7 Å². The molecule has 1 aromatic carbocycles. The predicted molar refractivity (Wildman–Crippen MR) is 78.8 cm³/mol. The van der Waals surface area contributed by atoms with Gasteiger partial charge in [0, 0.05) is 30.9 Å². The lowest BCUT2D eigenvalue weighted by atomic mass is 10.1. The number of ketones is 1. The minimum Gasteiger partial charge on any atom is -0.382 e. The van der Waals surface area contributed by atoms with E-state index in [1.165, 1.54) is 23.4 Å². The van der Waals surface area contributed by atoms with Gasteiger partial charge in [-0.25, -0.2) is 9.67 Å². The van der Waals surface area contributed by atoms with Crippen molar-refractivity contribution >= 4 is 34.7 Å². The van der Waals surface area contributed by atoms with Crippen molar-refractivity contribution in [1.29, 1.82) is 0 Å². The van der Waals surface area contributed by atoms with E-state index in [2.05, 4.69) is 10.1 Å². The highest BCUT2D eigenvalue weighted by atomic mass is 35.5. The number of carbonyl (C=O) groups is 1. The molecule has 1 heterocycles. The van der Waals surface area contributed by atoms with E-state index in [0.29, 0.717) is 21.3 Å². The number of rotatable bonds is 4. The number of Topliss-reactive ketones (excluding diaryl/α,β-unsaturated/α-hetero) is 1. The van der Waals surface area contributed by atoms with Gasteiger partial charge in [0.25, 0.3) is 0 Å². The van der Waals surface area contributed by atoms with Gasteiger partial charge in [0.05, 0.1) is 5.02 Å². The van der Waals surface area contributed by atoms with Gasteiger partial charge in [-0.3, -0.25) is 4.79 Å². The molecule has 0 bridgehead atoms. The van der Waals surface area contributed by atoms with Crippen LogP contribution in [0.1, 0.15) is 10.4 Å². The minimum absolute atomic E-state index is 0.258. The number of benzene rings is 1. The van der Waals surface area contributed by atoms with Gasteiger partial charge in [-0.15, -0.1) is 0 Å². The molecule has 2 aromatic rings. The first-order chi connectivity index (χ1) is 9.49. The summed E-state index contributed by atoms with van der Waals surface area (Å²) in [5.74, 6) is -0.258. The summed E-state index contributed by atoms with van der Waals surface area (Å²) in [6.45, 7) is 0. The number of hydrogen-bond donors (Lipinski definition) is 0. The van der Waals surface area contributed by atoms with Crippen LogP contribution < -0.4 is 0 Å². The van der Waals surface area contributed by atoms with Crippen molar-refractivity contribution in [3.8, 4) is 0 Å². The van der Waals surface area contributed by atoms with Crippen LogP contribution >= 0.6 is 23.2 Å². The molecule has 0 radical (unpaired) electrons. The lowest BCUT2D eigenvalue weighted by Gasteiger charge is -2.12. The maximum Gasteiger partial charge on any atom is 0.214 e. The lowest BCUT2D eigenvalue weighted by Crippen LogP contribution is -2.14. The summed E-state index contributed by atoms with van der Waals surface area (Å²) in [5, 5.41) is 4.76. The SMILES string of the molecule is CN(C)/C=C(/C(=O)c1ccc(Cl)cc1Cl)n1cncn1. The summed E-state index contributed by atoms with van der Waals surface area (Å²) in [7, 11) is 3.63. The maximum atomic E-state index is 12.6. The second kappa shape index (κ2) is 6.07. The molecule has 1 aromatic heterocycles. The first-order valence-corrected chi connectivity index (χ1v) is 6.47. The van der Waals surface area contributed by atoms with Gasteiger partial charge in [0.2, 0.25) is 5.78 Å². The van der Waals surface area contributed by atoms with Crippen LogP contribution in [0.2, 0.25) is 10.0 Å². The van der Waals surface area contributed by atoms with Crippen molar-refractivity contribution in [2.45, 2.75) is 0 Å². The summed E-state index contributed by atoms with van der Waals surface area (Å²) in [6, 6.07) is 4.74. The number of allylic oxidation sites excluding steroid dienone is 1. The van der Waals surface area contributed by atoms with Crippen LogP contribution in [0, 0.1) is 0 Å². The first kappa shape index (κ1) is 14.6. The van der Waals surface area contributed by atoms with E-state index < -0.39 is 0 Å². The first-order valence-electron chi connectivity index (χ1n) is 5.72. The zero-order chi connectivity index (χ0) is 14.7. The van der Waals surface area contributed by atoms with Crippen LogP contribution in [0.4, 0.5) is 0 Å². The molecular formula is C13H12Cl2N4O. The molecule has 0 atom stereocenters. The second-order valence-corrected chi connectivity index (χ2v) is 5.11. The van der Waals surface area contributed by atoms with Gasteiger partial charge in [0.15, 0.2) is 0 Å². The highest BCUT2D eigenvalue weighted by Crippen LogP contribution is 2.24. The van der Waals surface area contributed by atoms with Crippen molar-refractivity contribution in [2.24, 2.45) is 0 Å². The summed E-state index contributed by atoms with van der Waals surface area (Å²) >= 11 is 11.9. The number of aromatic nitrogens is 3. The van der Waals surface area contributed by atoms with Gasteiger partial charge >= 0.3 is 0 Å². The number of nitrogens with zero attached hydrogens (tertiary/aromatic N) is 4. The standard InChI is InChI=1S/C13H12Cl2N4O/c1-18(2)6-12(19-8-16-7-17-19)13(20)10-4-3-9(14)5-11(10)15/h3-8H,1-2H3/b12-6-. The Bertz CT molecular complexity index is 650. The predicted octanol–water partition coefficient (Wildman–Crippen LogP) is 2.83. The van der Waals surface area contributed by atoms with Crippen LogP contribution in [0.25, 0.3) is 5.70 Å². The molecule has 0 aliphatic rings. The zero-order valence-electron chi connectivity index (χ0n) is 10.9. The molecule has 0 fully saturated rings. The molecule has 0 unspecified atom stereocenters. The molecule has 0 spiro atoms. The summed E-state index contributed by atoms with van der Waals surface area (Å²) in [4.78, 5) is 18.2. The third-order valence-electron chi connectivity index (χ3n) is 2.45. The van der Waals surface area contributed by atoms with Crippen LogP contribution in [-0.2, 0) is 0 Å². The molecule has 0 saturated heterocycles. The fourth-order valence-corrected chi connectivity index (χ4v) is 2.10. The number of halogens is 2. The molecule has 0 N–H and O–H groups in total. The van der Waals surface area contributed by atoms with E-state index >= 15 is 0 Å². The van der Waals surface area contributed by atoms with Gasteiger partial charge in [-0.1, -0.05) is 23.2 Å². The Morgan fingerprint density at radius 3 is 2.65 bits per heavy atom. The highest BCUT2D eigenvalue weighted by Gasteiger charge is 2.18. The minimum atomic E-state index is -0.258. The van der Waals surface area contributed by atoms with Crippen molar-refractivity contribution in [2.75, 3.05) is 14.1 Å². The van der Waals surface area contributed by atoms with E-state index in [0.717, 1.165) is 0 Å². The third kappa shape index (κ3) is 3.18. The van der Waals surface area contributed by atoms with Gasteiger partial charge in [-0.2, -0.15) is 5.10 Å². The molecule has 7 heteroatoms. The Hall–Kier alpha value is -1.85. The molecule has 2 rings (SSSR count). The quantitative estimate of drug-likeness (QED) is 0.643. The smallest absolute Gasteiger partial charge is 0.214 e. The van der Waals surface area contributed by atoms with Crippen LogP contribution in [0.5, 0.6) is 0 Å². The highest BCUT2D eigenvalue weighted by molar-refractivity contribution is 6.39. The van der Waals surface area contributed by atoms with E-state index in [1.54, 1.807) is 23.2 Å². The van der Waals surface area contributed by atoms with Crippen molar-refractivity contribution < 1.29 is 4.79 Å². The summed E-state index contributed by atoms with van der Waals surface area (Å²) < 4.78 is 1.40. The largest absolute Gasteiger partial charge is 0.382 e. The van der Waals surface area contributed by atoms with Gasteiger partial charge in [-0.05, 0) is 18.2 Å². The Labute approximate surface area is 126 Å². The molecule has 5 nitrogen and oxygen atoms in total. The Morgan fingerprint density at radius 2 is 2.10 bits per heavy atom. The average Bonchev–Trinajstić information content (AvgIpc) is 2.88. The van der Waals surface area contributed by atoms with E-state index in [-0.39, 0.29) is 5.78 Å². The van der Waals surface area contributed by atoms with E-state index in [4.69, 9.17) is 23.2 Å². The molecule has 20 heavy (non-hydrogen) atoms. The molecule has 0 saturated carbocycles. The Balaban J connectivity index is 2.47. The number of hydrogen-bond acceptors (Lipinski definition) is 4. The van der Waals surface area contributed by atoms with Gasteiger partial charge < -0.3 is 4.90 Å². The average molecular weight is 311 g/mol.